The Morgan fingerprint density at radius 2 is 1.24 bits per heavy atom. The zero-order valence-electron chi connectivity index (χ0n) is 26.9. The highest BCUT2D eigenvalue weighted by molar-refractivity contribution is 5.70. The second-order valence-electron chi connectivity index (χ2n) is 11.1. The number of ether oxygens (including phenoxy) is 2. The fourth-order valence-electron chi connectivity index (χ4n) is 4.36. The molecule has 6 heteroatoms. The molecule has 0 heterocycles. The third kappa shape index (κ3) is 29.3. The number of unbranched alkanes of at least 4 members (excludes halogenated alkanes) is 12. The van der Waals surface area contributed by atoms with Crippen molar-refractivity contribution in [3.05, 3.63) is 48.6 Å². The van der Waals surface area contributed by atoms with Crippen LogP contribution in [0.3, 0.4) is 0 Å². The van der Waals surface area contributed by atoms with Gasteiger partial charge >= 0.3 is 11.9 Å². The molecule has 0 saturated carbocycles. The molecule has 0 aromatic rings. The third-order valence-corrected chi connectivity index (χ3v) is 6.98. The Balaban J connectivity index is 3.78. The van der Waals surface area contributed by atoms with Crippen molar-refractivity contribution in [2.75, 3.05) is 13.2 Å². The van der Waals surface area contributed by atoms with Gasteiger partial charge in [-0.2, -0.15) is 0 Å². The minimum absolute atomic E-state index is 0.0997. The Labute approximate surface area is 257 Å². The summed E-state index contributed by atoms with van der Waals surface area (Å²) in [5.41, 5.74) is 0. The normalized spacial score (nSPS) is 13.5. The van der Waals surface area contributed by atoms with Gasteiger partial charge in [-0.15, -0.1) is 0 Å². The second-order valence-corrected chi connectivity index (χ2v) is 11.1. The first-order chi connectivity index (χ1) is 20.5. The highest BCUT2D eigenvalue weighted by Crippen LogP contribution is 2.12. The summed E-state index contributed by atoms with van der Waals surface area (Å²) in [4.78, 5) is 24.0. The monoisotopic (exact) mass is 590 g/mol. The molecule has 2 N–H and O–H groups in total. The van der Waals surface area contributed by atoms with Crippen molar-refractivity contribution in [1.29, 1.82) is 0 Å². The molecule has 0 aliphatic carbocycles. The number of hydrogen-bond donors (Lipinski definition) is 2. The van der Waals surface area contributed by atoms with E-state index in [-0.39, 0.29) is 37.7 Å². The molecule has 0 radical (unpaired) electrons. The van der Waals surface area contributed by atoms with Crippen molar-refractivity contribution < 1.29 is 29.3 Å². The van der Waals surface area contributed by atoms with Gasteiger partial charge in [-0.3, -0.25) is 9.59 Å². The maximum atomic E-state index is 12.1. The summed E-state index contributed by atoms with van der Waals surface area (Å²) in [5.74, 6) is -0.688. The average molecular weight is 591 g/mol. The first kappa shape index (κ1) is 39.8. The van der Waals surface area contributed by atoms with E-state index in [4.69, 9.17) is 9.47 Å². The fraction of sp³-hybridized carbons (Fsp3) is 0.722. The minimum atomic E-state index is -0.810. The summed E-state index contributed by atoms with van der Waals surface area (Å²) in [5, 5.41) is 19.3. The van der Waals surface area contributed by atoms with Crippen LogP contribution in [0.4, 0.5) is 0 Å². The summed E-state index contributed by atoms with van der Waals surface area (Å²) < 4.78 is 10.5. The van der Waals surface area contributed by atoms with Crippen LogP contribution in [0, 0.1) is 0 Å². The Kier molecular flexibility index (Phi) is 30.1. The predicted octanol–water partition coefficient (Wildman–Crippen LogP) is 8.86. The molecule has 2 atom stereocenters. The van der Waals surface area contributed by atoms with Gasteiger partial charge in [0.15, 0.2) is 6.10 Å². The Morgan fingerprint density at radius 1 is 0.667 bits per heavy atom. The number of rotatable bonds is 29. The van der Waals surface area contributed by atoms with Crippen molar-refractivity contribution in [1.82, 2.24) is 0 Å². The number of aliphatic hydroxyl groups excluding tert-OH is 2. The van der Waals surface area contributed by atoms with Crippen molar-refractivity contribution in [2.45, 2.75) is 154 Å². The molecule has 0 aliphatic rings. The summed E-state index contributed by atoms with van der Waals surface area (Å²) >= 11 is 0. The van der Waals surface area contributed by atoms with Gasteiger partial charge in [0.1, 0.15) is 6.61 Å². The summed E-state index contributed by atoms with van der Waals surface area (Å²) in [6.45, 7) is 3.93. The summed E-state index contributed by atoms with van der Waals surface area (Å²) in [6.07, 6.45) is 34.9. The molecule has 0 saturated heterocycles. The van der Waals surface area contributed by atoms with E-state index in [2.05, 4.69) is 44.2 Å². The van der Waals surface area contributed by atoms with Gasteiger partial charge < -0.3 is 19.7 Å². The van der Waals surface area contributed by atoms with Crippen molar-refractivity contribution in [3.63, 3.8) is 0 Å². The molecule has 0 aromatic carbocycles. The molecule has 42 heavy (non-hydrogen) atoms. The highest BCUT2D eigenvalue weighted by atomic mass is 16.6. The molecule has 6 nitrogen and oxygen atoms in total. The quantitative estimate of drug-likeness (QED) is 0.0391. The van der Waals surface area contributed by atoms with Gasteiger partial charge in [0.2, 0.25) is 0 Å². The molecule has 0 amide bonds. The van der Waals surface area contributed by atoms with Gasteiger partial charge in [-0.05, 0) is 38.5 Å². The molecule has 0 fully saturated rings. The molecule has 0 aliphatic heterocycles. The molecule has 0 spiro atoms. The van der Waals surface area contributed by atoms with Crippen LogP contribution in [-0.2, 0) is 19.1 Å². The van der Waals surface area contributed by atoms with Gasteiger partial charge in [0.05, 0.1) is 12.7 Å². The van der Waals surface area contributed by atoms with Gasteiger partial charge in [0, 0.05) is 12.8 Å². The van der Waals surface area contributed by atoms with Crippen molar-refractivity contribution in [3.8, 4) is 0 Å². The lowest BCUT2D eigenvalue weighted by Crippen LogP contribution is -2.28. The zero-order chi connectivity index (χ0) is 30.9. The number of carbonyl (C=O) groups excluding carboxylic acids is 2. The average Bonchev–Trinajstić information content (AvgIpc) is 2.98. The van der Waals surface area contributed by atoms with Crippen LogP contribution in [0.1, 0.15) is 142 Å². The van der Waals surface area contributed by atoms with Gasteiger partial charge in [-0.25, -0.2) is 0 Å². The molecule has 0 rings (SSSR count). The van der Waals surface area contributed by atoms with E-state index in [0.29, 0.717) is 12.8 Å². The Hall–Kier alpha value is -2.18. The topological polar surface area (TPSA) is 93.1 Å². The zero-order valence-corrected chi connectivity index (χ0v) is 26.9. The number of esters is 2. The number of carbonyl (C=O) groups is 2. The third-order valence-electron chi connectivity index (χ3n) is 6.98. The van der Waals surface area contributed by atoms with Crippen molar-refractivity contribution >= 4 is 11.9 Å². The Bertz CT molecular complexity index is 739. The van der Waals surface area contributed by atoms with E-state index in [0.717, 1.165) is 57.8 Å². The summed E-state index contributed by atoms with van der Waals surface area (Å²) in [6, 6.07) is 0. The number of allylic oxidation sites excluding steroid dienone is 7. The van der Waals surface area contributed by atoms with E-state index in [1.807, 2.05) is 18.2 Å². The first-order valence-electron chi connectivity index (χ1n) is 16.8. The van der Waals surface area contributed by atoms with E-state index in [9.17, 15) is 19.8 Å². The van der Waals surface area contributed by atoms with Crippen LogP contribution in [0.2, 0.25) is 0 Å². The smallest absolute Gasteiger partial charge is 0.306 e. The molecular formula is C36H62O6. The maximum absolute atomic E-state index is 12.1. The van der Waals surface area contributed by atoms with Crippen LogP contribution < -0.4 is 0 Å². The highest BCUT2D eigenvalue weighted by Gasteiger charge is 2.15. The molecule has 242 valence electrons. The molecule has 0 unspecified atom stereocenters. The van der Waals surface area contributed by atoms with Crippen LogP contribution in [0.25, 0.3) is 0 Å². The maximum Gasteiger partial charge on any atom is 0.306 e. The van der Waals surface area contributed by atoms with E-state index in [1.54, 1.807) is 0 Å². The second kappa shape index (κ2) is 31.7. The predicted molar refractivity (Wildman–Crippen MR) is 174 cm³/mol. The number of hydrogen-bond acceptors (Lipinski definition) is 6. The molecule has 0 bridgehead atoms. The summed E-state index contributed by atoms with van der Waals surface area (Å²) in [7, 11) is 0. The van der Waals surface area contributed by atoms with E-state index < -0.39 is 6.10 Å². The number of aliphatic hydroxyl groups is 2. The van der Waals surface area contributed by atoms with Gasteiger partial charge in [-0.1, -0.05) is 140 Å². The molecule has 0 aromatic heterocycles. The van der Waals surface area contributed by atoms with E-state index in [1.165, 1.54) is 51.4 Å². The van der Waals surface area contributed by atoms with E-state index >= 15 is 0 Å². The first-order valence-corrected chi connectivity index (χ1v) is 16.8. The van der Waals surface area contributed by atoms with Crippen LogP contribution in [-0.4, -0.2) is 47.6 Å². The minimum Gasteiger partial charge on any atom is -0.462 e. The van der Waals surface area contributed by atoms with Crippen LogP contribution >= 0.6 is 0 Å². The standard InChI is InChI=1S/C36H62O6/c1-3-5-7-8-9-10-15-18-21-25-29-35(39)41-32-34(31-37)42-36(40)30-26-22-19-16-13-11-12-14-17-20-24-28-33(38)27-23-6-4-2/h11-12,16-17,19-20,24,28,33-34,37-38H,3-10,13-15,18,21-23,25-27,29-32H2,1-2H3/b12-11-,19-16-,20-17-,28-24+/t33-,34-/m0/s1. The lowest BCUT2D eigenvalue weighted by Gasteiger charge is -2.15. The van der Waals surface area contributed by atoms with Gasteiger partial charge in [0.25, 0.3) is 0 Å². The lowest BCUT2D eigenvalue weighted by molar-refractivity contribution is -0.161. The molecular weight excluding hydrogens is 528 g/mol. The fourth-order valence-corrected chi connectivity index (χ4v) is 4.36. The SMILES string of the molecule is CCCCCCCCCCCCC(=O)OC[C@H](CO)OC(=O)CCC/C=C\C/C=C\C/C=C\C=C\[C@@H](O)CCCCC. The largest absolute Gasteiger partial charge is 0.462 e. The lowest BCUT2D eigenvalue weighted by atomic mass is 10.1. The van der Waals surface area contributed by atoms with Crippen molar-refractivity contribution in [2.24, 2.45) is 0 Å². The van der Waals surface area contributed by atoms with Crippen LogP contribution in [0.5, 0.6) is 0 Å². The Morgan fingerprint density at radius 3 is 1.90 bits per heavy atom. The van der Waals surface area contributed by atoms with Crippen LogP contribution in [0.15, 0.2) is 48.6 Å².